The maximum atomic E-state index is 12.6. The Morgan fingerprint density at radius 3 is 2.50 bits per heavy atom. The van der Waals surface area contributed by atoms with Gasteiger partial charge in [0.05, 0.1) is 6.42 Å². The van der Waals surface area contributed by atoms with E-state index < -0.39 is 5.97 Å². The molecule has 24 heavy (non-hydrogen) atoms. The molecule has 1 atom stereocenters. The topological polar surface area (TPSA) is 57.6 Å². The summed E-state index contributed by atoms with van der Waals surface area (Å²) in [5.74, 6) is -0.749. The van der Waals surface area contributed by atoms with Crippen LogP contribution in [0.5, 0.6) is 0 Å². The maximum Gasteiger partial charge on any atom is 0.305 e. The van der Waals surface area contributed by atoms with Gasteiger partial charge in [0, 0.05) is 29.4 Å². The van der Waals surface area contributed by atoms with E-state index in [2.05, 4.69) is 4.90 Å². The van der Waals surface area contributed by atoms with Gasteiger partial charge < -0.3 is 10.0 Å². The molecule has 4 nitrogen and oxygen atoms in total. The van der Waals surface area contributed by atoms with Gasteiger partial charge in [0.1, 0.15) is 0 Å². The molecule has 2 aromatic rings. The highest BCUT2D eigenvalue weighted by Gasteiger charge is 2.26. The van der Waals surface area contributed by atoms with E-state index in [1.807, 2.05) is 55.5 Å². The Labute approximate surface area is 141 Å². The Morgan fingerprint density at radius 1 is 1.12 bits per heavy atom. The van der Waals surface area contributed by atoms with E-state index in [0.29, 0.717) is 5.56 Å². The molecule has 0 aromatic heterocycles. The van der Waals surface area contributed by atoms with Crippen LogP contribution in [0.15, 0.2) is 48.5 Å². The number of nitrogens with zero attached hydrogens (tertiary/aromatic N) is 1. The summed E-state index contributed by atoms with van der Waals surface area (Å²) >= 11 is 0. The predicted octanol–water partition coefficient (Wildman–Crippen LogP) is 3.67. The van der Waals surface area contributed by atoms with Crippen molar-refractivity contribution in [1.29, 1.82) is 0 Å². The lowest BCUT2D eigenvalue weighted by molar-refractivity contribution is -0.137. The van der Waals surface area contributed by atoms with E-state index in [1.54, 1.807) is 0 Å². The molecule has 2 aromatic carbocycles. The number of carboxylic acid groups (broad SMARTS) is 1. The van der Waals surface area contributed by atoms with Gasteiger partial charge in [-0.1, -0.05) is 24.3 Å². The Morgan fingerprint density at radius 2 is 1.83 bits per heavy atom. The van der Waals surface area contributed by atoms with Crippen LogP contribution in [-0.2, 0) is 4.79 Å². The van der Waals surface area contributed by atoms with Gasteiger partial charge in [0.2, 0.25) is 0 Å². The molecular weight excluding hydrogens is 302 g/mol. The summed E-state index contributed by atoms with van der Waals surface area (Å²) in [6.45, 7) is 2.80. The first-order valence-electron chi connectivity index (χ1n) is 8.25. The van der Waals surface area contributed by atoms with Crippen molar-refractivity contribution >= 4 is 17.4 Å². The standard InChI is InChI=1S/C20H21NO3/c1-14-5-2-3-7-18(14)20(24)15-8-10-16(11-9-15)21-12-4-6-17(21)13-19(22)23/h2-3,5,7-11,17H,4,6,12-13H2,1H3,(H,22,23). The summed E-state index contributed by atoms with van der Waals surface area (Å²) in [6.07, 6.45) is 2.06. The van der Waals surface area contributed by atoms with Crippen molar-refractivity contribution in [2.24, 2.45) is 0 Å². The average molecular weight is 323 g/mol. The van der Waals surface area contributed by atoms with Crippen molar-refractivity contribution < 1.29 is 14.7 Å². The van der Waals surface area contributed by atoms with Gasteiger partial charge in [-0.3, -0.25) is 9.59 Å². The number of carboxylic acids is 1. The molecule has 1 heterocycles. The molecular formula is C20H21NO3. The molecule has 1 N–H and O–H groups in total. The second kappa shape index (κ2) is 6.87. The SMILES string of the molecule is Cc1ccccc1C(=O)c1ccc(N2CCCC2CC(=O)O)cc1. The number of aliphatic carboxylic acids is 1. The highest BCUT2D eigenvalue weighted by atomic mass is 16.4. The molecule has 0 amide bonds. The van der Waals surface area contributed by atoms with Crippen molar-refractivity contribution in [2.75, 3.05) is 11.4 Å². The quantitative estimate of drug-likeness (QED) is 0.853. The minimum absolute atomic E-state index is 0.0168. The van der Waals surface area contributed by atoms with Crippen molar-refractivity contribution in [3.63, 3.8) is 0 Å². The molecule has 0 radical (unpaired) electrons. The monoisotopic (exact) mass is 323 g/mol. The molecule has 1 aliphatic heterocycles. The number of carbonyl (C=O) groups is 2. The summed E-state index contributed by atoms with van der Waals surface area (Å²) in [4.78, 5) is 25.7. The second-order valence-electron chi connectivity index (χ2n) is 6.28. The van der Waals surface area contributed by atoms with Gasteiger partial charge in [-0.15, -0.1) is 0 Å². The molecule has 0 aliphatic carbocycles. The fourth-order valence-electron chi connectivity index (χ4n) is 3.38. The first-order chi connectivity index (χ1) is 11.6. The zero-order chi connectivity index (χ0) is 17.1. The fourth-order valence-corrected chi connectivity index (χ4v) is 3.38. The third-order valence-corrected chi connectivity index (χ3v) is 4.64. The normalized spacial score (nSPS) is 17.0. The van der Waals surface area contributed by atoms with Crippen LogP contribution in [-0.4, -0.2) is 29.4 Å². The molecule has 0 spiro atoms. The lowest BCUT2D eigenvalue weighted by atomic mass is 9.99. The molecule has 3 rings (SSSR count). The molecule has 1 fully saturated rings. The van der Waals surface area contributed by atoms with Crippen LogP contribution in [0.25, 0.3) is 0 Å². The summed E-state index contributed by atoms with van der Waals surface area (Å²) in [6, 6.07) is 15.1. The van der Waals surface area contributed by atoms with Gasteiger partial charge in [-0.25, -0.2) is 0 Å². The fraction of sp³-hybridized carbons (Fsp3) is 0.300. The predicted molar refractivity (Wildman–Crippen MR) is 93.7 cm³/mol. The molecule has 1 aliphatic rings. The number of hydrogen-bond donors (Lipinski definition) is 1. The minimum Gasteiger partial charge on any atom is -0.481 e. The van der Waals surface area contributed by atoms with Crippen molar-refractivity contribution in [2.45, 2.75) is 32.2 Å². The van der Waals surface area contributed by atoms with Gasteiger partial charge in [0.15, 0.2) is 5.78 Å². The smallest absolute Gasteiger partial charge is 0.305 e. The zero-order valence-electron chi connectivity index (χ0n) is 13.7. The average Bonchev–Trinajstić information content (AvgIpc) is 3.02. The Bertz CT molecular complexity index is 752. The van der Waals surface area contributed by atoms with E-state index in [0.717, 1.165) is 36.2 Å². The molecule has 124 valence electrons. The first-order valence-corrected chi connectivity index (χ1v) is 8.25. The number of aryl methyl sites for hydroxylation is 1. The van der Waals surface area contributed by atoms with E-state index in [9.17, 15) is 9.59 Å². The molecule has 0 saturated carbocycles. The van der Waals surface area contributed by atoms with E-state index >= 15 is 0 Å². The molecule has 4 heteroatoms. The first kappa shape index (κ1) is 16.2. The summed E-state index contributed by atoms with van der Waals surface area (Å²) in [5, 5.41) is 9.04. The number of rotatable bonds is 5. The van der Waals surface area contributed by atoms with Crippen LogP contribution >= 0.6 is 0 Å². The van der Waals surface area contributed by atoms with Crippen molar-refractivity contribution in [1.82, 2.24) is 0 Å². The van der Waals surface area contributed by atoms with Crippen molar-refractivity contribution in [3.8, 4) is 0 Å². The van der Waals surface area contributed by atoms with E-state index in [4.69, 9.17) is 5.11 Å². The maximum absolute atomic E-state index is 12.6. The van der Waals surface area contributed by atoms with Gasteiger partial charge in [-0.05, 0) is 49.6 Å². The lowest BCUT2D eigenvalue weighted by Gasteiger charge is -2.25. The summed E-state index contributed by atoms with van der Waals surface area (Å²) in [7, 11) is 0. The number of anilines is 1. The highest BCUT2D eigenvalue weighted by molar-refractivity contribution is 6.10. The number of carbonyl (C=O) groups excluding carboxylic acids is 1. The lowest BCUT2D eigenvalue weighted by Crippen LogP contribution is -2.31. The third-order valence-electron chi connectivity index (χ3n) is 4.64. The van der Waals surface area contributed by atoms with Gasteiger partial charge in [-0.2, -0.15) is 0 Å². The van der Waals surface area contributed by atoms with Gasteiger partial charge >= 0.3 is 5.97 Å². The van der Waals surface area contributed by atoms with Crippen LogP contribution in [0.4, 0.5) is 5.69 Å². The zero-order valence-corrected chi connectivity index (χ0v) is 13.7. The Kier molecular flexibility index (Phi) is 4.65. The van der Waals surface area contributed by atoms with Crippen LogP contribution in [0.1, 0.15) is 40.7 Å². The molecule has 0 bridgehead atoms. The third kappa shape index (κ3) is 3.32. The number of hydrogen-bond acceptors (Lipinski definition) is 3. The largest absolute Gasteiger partial charge is 0.481 e. The van der Waals surface area contributed by atoms with Crippen molar-refractivity contribution in [3.05, 3.63) is 65.2 Å². The number of ketones is 1. The highest BCUT2D eigenvalue weighted by Crippen LogP contribution is 2.28. The molecule has 1 saturated heterocycles. The number of benzene rings is 2. The Balaban J connectivity index is 1.79. The van der Waals surface area contributed by atoms with Crippen LogP contribution in [0.2, 0.25) is 0 Å². The van der Waals surface area contributed by atoms with Crippen LogP contribution < -0.4 is 4.90 Å². The summed E-state index contributed by atoms with van der Waals surface area (Å²) < 4.78 is 0. The van der Waals surface area contributed by atoms with E-state index in [-0.39, 0.29) is 18.2 Å². The second-order valence-corrected chi connectivity index (χ2v) is 6.28. The van der Waals surface area contributed by atoms with E-state index in [1.165, 1.54) is 0 Å². The Hall–Kier alpha value is -2.62. The minimum atomic E-state index is -0.766. The van der Waals surface area contributed by atoms with Gasteiger partial charge in [0.25, 0.3) is 0 Å². The van der Waals surface area contributed by atoms with Crippen LogP contribution in [0.3, 0.4) is 0 Å². The summed E-state index contributed by atoms with van der Waals surface area (Å²) in [5.41, 5.74) is 3.32. The van der Waals surface area contributed by atoms with Crippen LogP contribution in [0, 0.1) is 6.92 Å². The molecule has 1 unspecified atom stereocenters.